The third-order valence-electron chi connectivity index (χ3n) is 2.99. The average Bonchev–Trinajstić information content (AvgIpc) is 2.81. The minimum absolute atomic E-state index is 0.391. The Morgan fingerprint density at radius 1 is 1.20 bits per heavy atom. The molecule has 2 N–H and O–H groups in total. The molecule has 0 aliphatic heterocycles. The highest BCUT2D eigenvalue weighted by Crippen LogP contribution is 2.26. The molecule has 4 nitrogen and oxygen atoms in total. The molecule has 4 heteroatoms. The van der Waals surface area contributed by atoms with Gasteiger partial charge in [-0.25, -0.2) is 4.98 Å². The van der Waals surface area contributed by atoms with E-state index in [1.807, 2.05) is 49.4 Å². The van der Waals surface area contributed by atoms with Crippen molar-refractivity contribution >= 4 is 22.6 Å². The van der Waals surface area contributed by atoms with Gasteiger partial charge < -0.3 is 9.73 Å². The lowest BCUT2D eigenvalue weighted by Crippen LogP contribution is -2.04. The highest BCUT2D eigenvalue weighted by Gasteiger charge is 2.09. The highest BCUT2D eigenvalue weighted by atomic mass is 16.3. The standard InChI is InChI=1S/C16H15N3O/c1-10-4-3-5-12(8-10)16-19-14-7-6-13(18-11(2)17)9-15(14)20-16/h3-9H,1-2H3,(H2,17,18). The van der Waals surface area contributed by atoms with Crippen molar-refractivity contribution in [1.29, 1.82) is 5.41 Å². The van der Waals surface area contributed by atoms with Gasteiger partial charge >= 0.3 is 0 Å². The van der Waals surface area contributed by atoms with Gasteiger partial charge in [-0.2, -0.15) is 0 Å². The van der Waals surface area contributed by atoms with Crippen LogP contribution in [0.1, 0.15) is 12.5 Å². The first kappa shape index (κ1) is 12.4. The van der Waals surface area contributed by atoms with Gasteiger partial charge in [0, 0.05) is 17.3 Å². The summed E-state index contributed by atoms with van der Waals surface area (Å²) >= 11 is 0. The second-order valence-electron chi connectivity index (χ2n) is 4.82. The van der Waals surface area contributed by atoms with Gasteiger partial charge in [0.15, 0.2) is 5.58 Å². The summed E-state index contributed by atoms with van der Waals surface area (Å²) < 4.78 is 5.81. The smallest absolute Gasteiger partial charge is 0.227 e. The second kappa shape index (κ2) is 4.81. The molecular weight excluding hydrogens is 250 g/mol. The summed E-state index contributed by atoms with van der Waals surface area (Å²) in [5.74, 6) is 1.01. The molecule has 0 radical (unpaired) electrons. The lowest BCUT2D eigenvalue weighted by atomic mass is 10.1. The molecule has 0 aliphatic rings. The van der Waals surface area contributed by atoms with Crippen molar-refractivity contribution in [3.8, 4) is 11.5 Å². The van der Waals surface area contributed by atoms with Crippen molar-refractivity contribution in [1.82, 2.24) is 4.98 Å². The SMILES string of the molecule is CC(=N)Nc1ccc2nc(-c3cccc(C)c3)oc2c1. The minimum Gasteiger partial charge on any atom is -0.436 e. The zero-order valence-corrected chi connectivity index (χ0v) is 11.4. The summed E-state index contributed by atoms with van der Waals surface area (Å²) in [5.41, 5.74) is 4.50. The first-order chi connectivity index (χ1) is 9.61. The number of anilines is 1. The fourth-order valence-electron chi connectivity index (χ4n) is 2.12. The van der Waals surface area contributed by atoms with Crippen LogP contribution in [0.25, 0.3) is 22.6 Å². The van der Waals surface area contributed by atoms with Crippen LogP contribution >= 0.6 is 0 Å². The number of oxazole rings is 1. The van der Waals surface area contributed by atoms with E-state index in [1.165, 1.54) is 5.56 Å². The van der Waals surface area contributed by atoms with Gasteiger partial charge in [-0.05, 0) is 38.1 Å². The minimum atomic E-state index is 0.391. The molecule has 0 saturated carbocycles. The summed E-state index contributed by atoms with van der Waals surface area (Å²) in [5, 5.41) is 10.4. The van der Waals surface area contributed by atoms with Crippen molar-refractivity contribution in [2.24, 2.45) is 0 Å². The molecule has 0 aliphatic carbocycles. The van der Waals surface area contributed by atoms with E-state index in [0.717, 1.165) is 16.8 Å². The Bertz CT molecular complexity index is 789. The maximum atomic E-state index is 7.45. The lowest BCUT2D eigenvalue weighted by Gasteiger charge is -2.01. The van der Waals surface area contributed by atoms with Crippen LogP contribution in [0.2, 0.25) is 0 Å². The summed E-state index contributed by atoms with van der Waals surface area (Å²) in [7, 11) is 0. The molecule has 0 atom stereocenters. The Morgan fingerprint density at radius 2 is 2.05 bits per heavy atom. The molecule has 0 saturated heterocycles. The van der Waals surface area contributed by atoms with Crippen molar-refractivity contribution in [3.05, 3.63) is 48.0 Å². The van der Waals surface area contributed by atoms with Crippen LogP contribution in [-0.4, -0.2) is 10.8 Å². The van der Waals surface area contributed by atoms with Gasteiger partial charge in [0.05, 0.1) is 5.84 Å². The third kappa shape index (κ3) is 2.40. The maximum Gasteiger partial charge on any atom is 0.227 e. The van der Waals surface area contributed by atoms with Crippen LogP contribution < -0.4 is 5.32 Å². The first-order valence-corrected chi connectivity index (χ1v) is 6.41. The molecule has 3 aromatic rings. The molecule has 100 valence electrons. The van der Waals surface area contributed by atoms with E-state index < -0.39 is 0 Å². The van der Waals surface area contributed by atoms with Crippen molar-refractivity contribution in [2.75, 3.05) is 5.32 Å². The summed E-state index contributed by atoms with van der Waals surface area (Å²) in [4.78, 5) is 4.50. The van der Waals surface area contributed by atoms with Crippen LogP contribution in [0.3, 0.4) is 0 Å². The topological polar surface area (TPSA) is 61.9 Å². The number of fused-ring (bicyclic) bond motifs is 1. The number of nitrogens with one attached hydrogen (secondary N) is 2. The van der Waals surface area contributed by atoms with E-state index in [2.05, 4.69) is 10.3 Å². The summed E-state index contributed by atoms with van der Waals surface area (Å²) in [6, 6.07) is 13.7. The van der Waals surface area contributed by atoms with Gasteiger partial charge in [-0.15, -0.1) is 0 Å². The predicted molar refractivity (Wildman–Crippen MR) is 81.2 cm³/mol. The summed E-state index contributed by atoms with van der Waals surface area (Å²) in [6.45, 7) is 3.74. The molecule has 20 heavy (non-hydrogen) atoms. The quantitative estimate of drug-likeness (QED) is 0.539. The largest absolute Gasteiger partial charge is 0.436 e. The monoisotopic (exact) mass is 265 g/mol. The first-order valence-electron chi connectivity index (χ1n) is 6.41. The molecule has 0 fully saturated rings. The van der Waals surface area contributed by atoms with Crippen LogP contribution in [0.15, 0.2) is 46.9 Å². The number of amidine groups is 1. The molecule has 0 bridgehead atoms. The third-order valence-corrected chi connectivity index (χ3v) is 2.99. The van der Waals surface area contributed by atoms with Crippen LogP contribution in [-0.2, 0) is 0 Å². The molecule has 0 amide bonds. The Balaban J connectivity index is 2.04. The Labute approximate surface area is 117 Å². The highest BCUT2D eigenvalue weighted by molar-refractivity contribution is 5.93. The number of aryl methyl sites for hydroxylation is 1. The zero-order chi connectivity index (χ0) is 14.1. The molecular formula is C16H15N3O. The van der Waals surface area contributed by atoms with Crippen molar-refractivity contribution < 1.29 is 4.42 Å². The maximum absolute atomic E-state index is 7.45. The number of hydrogen-bond acceptors (Lipinski definition) is 3. The molecule has 2 aromatic carbocycles. The fourth-order valence-corrected chi connectivity index (χ4v) is 2.12. The lowest BCUT2D eigenvalue weighted by molar-refractivity contribution is 0.620. The molecule has 0 spiro atoms. The average molecular weight is 265 g/mol. The van der Waals surface area contributed by atoms with E-state index >= 15 is 0 Å². The Morgan fingerprint density at radius 3 is 2.80 bits per heavy atom. The van der Waals surface area contributed by atoms with E-state index in [0.29, 0.717) is 17.3 Å². The van der Waals surface area contributed by atoms with Gasteiger partial charge in [-0.3, -0.25) is 5.41 Å². The van der Waals surface area contributed by atoms with Crippen LogP contribution in [0, 0.1) is 12.3 Å². The van der Waals surface area contributed by atoms with Gasteiger partial charge in [0.25, 0.3) is 0 Å². The number of aromatic nitrogens is 1. The summed E-state index contributed by atoms with van der Waals surface area (Å²) in [6.07, 6.45) is 0. The number of nitrogens with zero attached hydrogens (tertiary/aromatic N) is 1. The Hall–Kier alpha value is -2.62. The number of rotatable bonds is 2. The van der Waals surface area contributed by atoms with Gasteiger partial charge in [0.1, 0.15) is 5.52 Å². The normalized spacial score (nSPS) is 10.7. The number of hydrogen-bond donors (Lipinski definition) is 2. The second-order valence-corrected chi connectivity index (χ2v) is 4.82. The molecule has 1 heterocycles. The van der Waals surface area contributed by atoms with Gasteiger partial charge in [0.2, 0.25) is 5.89 Å². The van der Waals surface area contributed by atoms with Crippen molar-refractivity contribution in [3.63, 3.8) is 0 Å². The Kier molecular flexibility index (Phi) is 2.99. The van der Waals surface area contributed by atoms with Crippen molar-refractivity contribution in [2.45, 2.75) is 13.8 Å². The van der Waals surface area contributed by atoms with E-state index in [9.17, 15) is 0 Å². The molecule has 1 aromatic heterocycles. The fraction of sp³-hybridized carbons (Fsp3) is 0.125. The van der Waals surface area contributed by atoms with E-state index in [4.69, 9.17) is 9.83 Å². The van der Waals surface area contributed by atoms with Gasteiger partial charge in [-0.1, -0.05) is 17.7 Å². The predicted octanol–water partition coefficient (Wildman–Crippen LogP) is 4.21. The van der Waals surface area contributed by atoms with Crippen LogP contribution in [0.4, 0.5) is 5.69 Å². The number of benzene rings is 2. The van der Waals surface area contributed by atoms with E-state index in [1.54, 1.807) is 6.92 Å². The van der Waals surface area contributed by atoms with E-state index in [-0.39, 0.29) is 0 Å². The van der Waals surface area contributed by atoms with Crippen LogP contribution in [0.5, 0.6) is 0 Å². The molecule has 3 rings (SSSR count). The zero-order valence-electron chi connectivity index (χ0n) is 11.4. The molecule has 0 unspecified atom stereocenters.